The van der Waals surface area contributed by atoms with Crippen molar-refractivity contribution in [2.24, 2.45) is 0 Å². The molecular formula is C10H21O6P. The molecule has 0 aromatic heterocycles. The highest BCUT2D eigenvalue weighted by molar-refractivity contribution is 7.48. The van der Waals surface area contributed by atoms with E-state index < -0.39 is 31.6 Å². The van der Waals surface area contributed by atoms with E-state index in [4.69, 9.17) is 18.7 Å². The maximum atomic E-state index is 12.2. The molecule has 0 aromatic rings. The molecule has 1 N–H and O–H groups in total. The zero-order chi connectivity index (χ0) is 13.9. The second-order valence-corrected chi connectivity index (χ2v) is 7.04. The molecule has 0 amide bonds. The number of carbonyl (C=O) groups is 1. The molecule has 0 heterocycles. The van der Waals surface area contributed by atoms with Crippen LogP contribution in [0.15, 0.2) is 0 Å². The van der Waals surface area contributed by atoms with Gasteiger partial charge in [0.2, 0.25) is 0 Å². The molecule has 6 nitrogen and oxygen atoms in total. The standard InChI is InChI=1S/C10H21O6P/c1-9(2,3)15-17(13,14-7-8(11)12)16-10(4,5)6/h7H2,1-6H3,(H,11,12). The van der Waals surface area contributed by atoms with Crippen molar-refractivity contribution in [1.82, 2.24) is 0 Å². The zero-order valence-corrected chi connectivity index (χ0v) is 12.0. The van der Waals surface area contributed by atoms with Gasteiger partial charge in [-0.3, -0.25) is 13.6 Å². The number of hydrogen-bond donors (Lipinski definition) is 1. The Morgan fingerprint density at radius 1 is 1.06 bits per heavy atom. The molecule has 0 atom stereocenters. The lowest BCUT2D eigenvalue weighted by Gasteiger charge is -2.30. The van der Waals surface area contributed by atoms with E-state index in [1.807, 2.05) is 0 Å². The molecular weight excluding hydrogens is 247 g/mol. The van der Waals surface area contributed by atoms with Crippen molar-refractivity contribution in [3.63, 3.8) is 0 Å². The first kappa shape index (κ1) is 16.6. The highest BCUT2D eigenvalue weighted by Gasteiger charge is 2.37. The molecule has 0 radical (unpaired) electrons. The molecule has 102 valence electrons. The van der Waals surface area contributed by atoms with Gasteiger partial charge in [-0.15, -0.1) is 0 Å². The topological polar surface area (TPSA) is 82.1 Å². The summed E-state index contributed by atoms with van der Waals surface area (Å²) in [6.07, 6.45) is 0. The van der Waals surface area contributed by atoms with Gasteiger partial charge >= 0.3 is 13.8 Å². The molecule has 0 aliphatic carbocycles. The molecule has 0 spiro atoms. The molecule has 0 saturated heterocycles. The SMILES string of the molecule is CC(C)(C)OP(=O)(OCC(=O)O)OC(C)(C)C. The van der Waals surface area contributed by atoms with E-state index in [0.29, 0.717) is 0 Å². The number of aliphatic carboxylic acids is 1. The van der Waals surface area contributed by atoms with Crippen molar-refractivity contribution in [2.75, 3.05) is 6.61 Å². The maximum absolute atomic E-state index is 12.2. The van der Waals surface area contributed by atoms with Gasteiger partial charge in [0.05, 0.1) is 11.2 Å². The summed E-state index contributed by atoms with van der Waals surface area (Å²) in [5, 5.41) is 8.52. The van der Waals surface area contributed by atoms with E-state index >= 15 is 0 Å². The molecule has 17 heavy (non-hydrogen) atoms. The fourth-order valence-electron chi connectivity index (χ4n) is 0.876. The second-order valence-electron chi connectivity index (χ2n) is 5.52. The van der Waals surface area contributed by atoms with E-state index in [1.54, 1.807) is 41.5 Å². The Bertz CT molecular complexity index is 292. The van der Waals surface area contributed by atoms with Crippen LogP contribution in [0.3, 0.4) is 0 Å². The fourth-order valence-corrected chi connectivity index (χ4v) is 2.63. The Morgan fingerprint density at radius 2 is 1.41 bits per heavy atom. The van der Waals surface area contributed by atoms with Crippen molar-refractivity contribution in [1.29, 1.82) is 0 Å². The molecule has 0 aliphatic rings. The molecule has 0 bridgehead atoms. The van der Waals surface area contributed by atoms with Crippen LogP contribution >= 0.6 is 7.82 Å². The highest BCUT2D eigenvalue weighted by atomic mass is 31.2. The Morgan fingerprint density at radius 3 is 1.65 bits per heavy atom. The second kappa shape index (κ2) is 5.48. The van der Waals surface area contributed by atoms with Gasteiger partial charge in [-0.2, -0.15) is 0 Å². The van der Waals surface area contributed by atoms with Crippen LogP contribution in [0.4, 0.5) is 0 Å². The largest absolute Gasteiger partial charge is 0.480 e. The Balaban J connectivity index is 4.82. The van der Waals surface area contributed by atoms with Crippen LogP contribution in [-0.4, -0.2) is 28.9 Å². The number of phosphoric ester groups is 1. The van der Waals surface area contributed by atoms with Crippen LogP contribution < -0.4 is 0 Å². The average molecular weight is 268 g/mol. The lowest BCUT2D eigenvalue weighted by Crippen LogP contribution is -2.25. The summed E-state index contributed by atoms with van der Waals surface area (Å²) in [4.78, 5) is 10.4. The van der Waals surface area contributed by atoms with Gasteiger partial charge in [0.15, 0.2) is 6.61 Å². The van der Waals surface area contributed by atoms with Crippen molar-refractivity contribution in [3.8, 4) is 0 Å². The van der Waals surface area contributed by atoms with Crippen molar-refractivity contribution in [3.05, 3.63) is 0 Å². The number of hydrogen-bond acceptors (Lipinski definition) is 5. The normalized spacial score (nSPS) is 13.8. The lowest BCUT2D eigenvalue weighted by molar-refractivity contribution is -0.140. The van der Waals surface area contributed by atoms with Gasteiger partial charge in [-0.1, -0.05) is 0 Å². The number of rotatable bonds is 5. The molecule has 0 unspecified atom stereocenters. The van der Waals surface area contributed by atoms with E-state index in [0.717, 1.165) is 0 Å². The van der Waals surface area contributed by atoms with E-state index in [1.165, 1.54) is 0 Å². The van der Waals surface area contributed by atoms with Crippen molar-refractivity contribution >= 4 is 13.8 Å². The van der Waals surface area contributed by atoms with Crippen LogP contribution in [0.2, 0.25) is 0 Å². The Hall–Kier alpha value is -0.420. The quantitative estimate of drug-likeness (QED) is 0.772. The minimum Gasteiger partial charge on any atom is -0.480 e. The summed E-state index contributed by atoms with van der Waals surface area (Å²) in [5.74, 6) is -1.24. The van der Waals surface area contributed by atoms with Crippen LogP contribution in [0.1, 0.15) is 41.5 Å². The molecule has 0 saturated carbocycles. The van der Waals surface area contributed by atoms with E-state index in [9.17, 15) is 9.36 Å². The zero-order valence-electron chi connectivity index (χ0n) is 11.1. The minimum absolute atomic E-state index is 0.733. The summed E-state index contributed by atoms with van der Waals surface area (Å²) in [5.41, 5.74) is -1.53. The summed E-state index contributed by atoms with van der Waals surface area (Å²) in [6, 6.07) is 0. The van der Waals surface area contributed by atoms with Gasteiger partial charge in [-0.05, 0) is 41.5 Å². The third-order valence-corrected chi connectivity index (χ3v) is 3.11. The van der Waals surface area contributed by atoms with Crippen LogP contribution in [0, 0.1) is 0 Å². The van der Waals surface area contributed by atoms with Crippen LogP contribution in [0.5, 0.6) is 0 Å². The first-order valence-corrected chi connectivity index (χ1v) is 6.67. The minimum atomic E-state index is -3.90. The number of carboxylic acids is 1. The van der Waals surface area contributed by atoms with Crippen LogP contribution in [-0.2, 0) is 22.9 Å². The summed E-state index contributed by atoms with van der Waals surface area (Å²) in [6.45, 7) is 9.33. The number of phosphoric acid groups is 1. The molecule has 7 heteroatoms. The summed E-state index contributed by atoms with van der Waals surface area (Å²) in [7, 11) is -3.90. The number of carboxylic acid groups (broad SMARTS) is 1. The Kier molecular flexibility index (Phi) is 5.35. The third-order valence-electron chi connectivity index (χ3n) is 1.12. The van der Waals surface area contributed by atoms with Crippen molar-refractivity contribution < 1.29 is 28.0 Å². The smallest absolute Gasteiger partial charge is 0.476 e. The highest BCUT2D eigenvalue weighted by Crippen LogP contribution is 2.55. The summed E-state index contributed by atoms with van der Waals surface area (Å²) >= 11 is 0. The molecule has 0 aromatic carbocycles. The maximum Gasteiger partial charge on any atom is 0.476 e. The van der Waals surface area contributed by atoms with E-state index in [2.05, 4.69) is 0 Å². The predicted octanol–water partition coefficient (Wildman–Crippen LogP) is 2.83. The lowest BCUT2D eigenvalue weighted by atomic mass is 10.2. The fraction of sp³-hybridized carbons (Fsp3) is 0.900. The average Bonchev–Trinajstić information content (AvgIpc) is 1.93. The predicted molar refractivity (Wildman–Crippen MR) is 62.9 cm³/mol. The third kappa shape index (κ3) is 9.30. The summed E-state index contributed by atoms with van der Waals surface area (Å²) < 4.78 is 27.4. The Labute approximate surface area is 102 Å². The monoisotopic (exact) mass is 268 g/mol. The van der Waals surface area contributed by atoms with E-state index in [-0.39, 0.29) is 0 Å². The molecule has 0 aliphatic heterocycles. The van der Waals surface area contributed by atoms with Gasteiger partial charge in [0.25, 0.3) is 0 Å². The van der Waals surface area contributed by atoms with Gasteiger partial charge in [0.1, 0.15) is 0 Å². The first-order valence-electron chi connectivity index (χ1n) is 5.21. The first-order chi connectivity index (χ1) is 7.33. The molecule has 0 rings (SSSR count). The van der Waals surface area contributed by atoms with Gasteiger partial charge in [-0.25, -0.2) is 9.36 Å². The van der Waals surface area contributed by atoms with Crippen LogP contribution in [0.25, 0.3) is 0 Å². The molecule has 0 fully saturated rings. The van der Waals surface area contributed by atoms with Gasteiger partial charge in [0, 0.05) is 0 Å². The van der Waals surface area contributed by atoms with Crippen molar-refractivity contribution in [2.45, 2.75) is 52.7 Å². The van der Waals surface area contributed by atoms with Gasteiger partial charge < -0.3 is 5.11 Å².